The van der Waals surface area contributed by atoms with E-state index in [9.17, 15) is 4.79 Å². The minimum Gasteiger partial charge on any atom is -0.377 e. The van der Waals surface area contributed by atoms with Gasteiger partial charge in [-0.1, -0.05) is 42.1 Å². The summed E-state index contributed by atoms with van der Waals surface area (Å²) in [4.78, 5) is 14.0. The Morgan fingerprint density at radius 2 is 2.00 bits per heavy atom. The van der Waals surface area contributed by atoms with E-state index in [0.717, 1.165) is 50.7 Å². The van der Waals surface area contributed by atoms with E-state index in [4.69, 9.17) is 4.74 Å². The van der Waals surface area contributed by atoms with Crippen molar-refractivity contribution in [2.24, 2.45) is 0 Å². The smallest absolute Gasteiger partial charge is 0.222 e. The quantitative estimate of drug-likeness (QED) is 0.507. The van der Waals surface area contributed by atoms with Crippen molar-refractivity contribution in [1.82, 2.24) is 4.90 Å². The van der Waals surface area contributed by atoms with Crippen molar-refractivity contribution < 1.29 is 9.53 Å². The lowest BCUT2D eigenvalue weighted by Gasteiger charge is -2.32. The van der Waals surface area contributed by atoms with Gasteiger partial charge in [0, 0.05) is 24.8 Å². The standard InChI is InChI=1S/C14H26BrNO2/c1-2-3-4-5-6-14(17)16-10-7-13(8-11-16)18-12-9-15/h13H,2-12H2,1H3. The normalized spacial score (nSPS) is 17.1. The third-order valence-corrected chi connectivity index (χ3v) is 3.79. The van der Waals surface area contributed by atoms with Gasteiger partial charge in [-0.3, -0.25) is 4.79 Å². The van der Waals surface area contributed by atoms with Crippen molar-refractivity contribution in [3.63, 3.8) is 0 Å². The highest BCUT2D eigenvalue weighted by atomic mass is 79.9. The van der Waals surface area contributed by atoms with Crippen LogP contribution in [-0.2, 0) is 9.53 Å². The molecule has 0 N–H and O–H groups in total. The zero-order valence-electron chi connectivity index (χ0n) is 11.5. The number of hydrogen-bond donors (Lipinski definition) is 0. The molecule has 1 aliphatic rings. The molecular formula is C14H26BrNO2. The minimum absolute atomic E-state index is 0.338. The first kappa shape index (κ1) is 16.0. The van der Waals surface area contributed by atoms with Crippen molar-refractivity contribution in [1.29, 1.82) is 0 Å². The van der Waals surface area contributed by atoms with E-state index in [-0.39, 0.29) is 0 Å². The van der Waals surface area contributed by atoms with Gasteiger partial charge in [0.2, 0.25) is 5.91 Å². The second-order valence-corrected chi connectivity index (χ2v) is 5.74. The molecule has 18 heavy (non-hydrogen) atoms. The second-order valence-electron chi connectivity index (χ2n) is 4.95. The highest BCUT2D eigenvalue weighted by molar-refractivity contribution is 9.09. The molecule has 0 saturated carbocycles. The largest absolute Gasteiger partial charge is 0.377 e. The molecule has 0 spiro atoms. The predicted molar refractivity (Wildman–Crippen MR) is 78.1 cm³/mol. The topological polar surface area (TPSA) is 29.5 Å². The maximum Gasteiger partial charge on any atom is 0.222 e. The summed E-state index contributed by atoms with van der Waals surface area (Å²) in [6.07, 6.45) is 7.78. The molecule has 3 nitrogen and oxygen atoms in total. The zero-order valence-corrected chi connectivity index (χ0v) is 13.1. The van der Waals surface area contributed by atoms with Gasteiger partial charge in [-0.2, -0.15) is 0 Å². The van der Waals surface area contributed by atoms with Crippen LogP contribution in [0.2, 0.25) is 0 Å². The number of ether oxygens (including phenoxy) is 1. The number of nitrogens with zero attached hydrogens (tertiary/aromatic N) is 1. The van der Waals surface area contributed by atoms with Crippen LogP contribution >= 0.6 is 15.9 Å². The number of piperidine rings is 1. The van der Waals surface area contributed by atoms with Crippen molar-refractivity contribution in [3.8, 4) is 0 Å². The lowest BCUT2D eigenvalue weighted by molar-refractivity contribution is -0.133. The molecule has 1 heterocycles. The molecule has 4 heteroatoms. The average molecular weight is 320 g/mol. The highest BCUT2D eigenvalue weighted by Crippen LogP contribution is 2.15. The molecule has 0 atom stereocenters. The van der Waals surface area contributed by atoms with Crippen LogP contribution in [0, 0.1) is 0 Å². The number of hydrogen-bond acceptors (Lipinski definition) is 2. The van der Waals surface area contributed by atoms with E-state index in [2.05, 4.69) is 22.9 Å². The third-order valence-electron chi connectivity index (χ3n) is 3.47. The number of amides is 1. The number of rotatable bonds is 8. The number of carbonyl (C=O) groups excluding carboxylic acids is 1. The lowest BCUT2D eigenvalue weighted by Crippen LogP contribution is -2.40. The zero-order chi connectivity index (χ0) is 13.2. The highest BCUT2D eigenvalue weighted by Gasteiger charge is 2.22. The number of unbranched alkanes of at least 4 members (excludes halogenated alkanes) is 3. The van der Waals surface area contributed by atoms with Gasteiger partial charge in [0.25, 0.3) is 0 Å². The van der Waals surface area contributed by atoms with Gasteiger partial charge in [-0.25, -0.2) is 0 Å². The average Bonchev–Trinajstić information content (AvgIpc) is 2.41. The molecule has 1 aliphatic heterocycles. The lowest BCUT2D eigenvalue weighted by atomic mass is 10.1. The second kappa shape index (κ2) is 9.79. The summed E-state index contributed by atoms with van der Waals surface area (Å²) in [5.41, 5.74) is 0. The van der Waals surface area contributed by atoms with Crippen LogP contribution in [0.1, 0.15) is 51.9 Å². The Morgan fingerprint density at radius 3 is 2.61 bits per heavy atom. The third kappa shape index (κ3) is 6.19. The summed E-state index contributed by atoms with van der Waals surface area (Å²) in [6.45, 7) is 4.72. The molecule has 1 saturated heterocycles. The van der Waals surface area contributed by atoms with Crippen LogP contribution in [0.25, 0.3) is 0 Å². The summed E-state index contributed by atoms with van der Waals surface area (Å²) in [7, 11) is 0. The predicted octanol–water partition coefficient (Wildman–Crippen LogP) is 3.36. The Morgan fingerprint density at radius 1 is 1.28 bits per heavy atom. The molecule has 0 radical (unpaired) electrons. The summed E-state index contributed by atoms with van der Waals surface area (Å²) in [5, 5.41) is 0.892. The molecule has 0 bridgehead atoms. The molecule has 1 fully saturated rings. The molecular weight excluding hydrogens is 294 g/mol. The molecule has 1 amide bonds. The van der Waals surface area contributed by atoms with Gasteiger partial charge in [0.15, 0.2) is 0 Å². The van der Waals surface area contributed by atoms with Crippen molar-refractivity contribution in [2.75, 3.05) is 25.0 Å². The molecule has 0 aliphatic carbocycles. The van der Waals surface area contributed by atoms with E-state index in [0.29, 0.717) is 12.0 Å². The fourth-order valence-corrected chi connectivity index (χ4v) is 2.53. The van der Waals surface area contributed by atoms with Gasteiger partial charge in [0.1, 0.15) is 0 Å². The van der Waals surface area contributed by atoms with Crippen molar-refractivity contribution >= 4 is 21.8 Å². The summed E-state index contributed by atoms with van der Waals surface area (Å²) in [5.74, 6) is 0.338. The molecule has 0 unspecified atom stereocenters. The van der Waals surface area contributed by atoms with Gasteiger partial charge in [-0.05, 0) is 19.3 Å². The van der Waals surface area contributed by atoms with Crippen LogP contribution in [-0.4, -0.2) is 41.9 Å². The van der Waals surface area contributed by atoms with Gasteiger partial charge in [0.05, 0.1) is 12.7 Å². The molecule has 1 rings (SSSR count). The van der Waals surface area contributed by atoms with Crippen LogP contribution in [0.15, 0.2) is 0 Å². The number of alkyl halides is 1. The SMILES string of the molecule is CCCCCCC(=O)N1CCC(OCCBr)CC1. The Labute approximate surface area is 119 Å². The van der Waals surface area contributed by atoms with E-state index in [1.807, 2.05) is 4.90 Å². The number of carbonyl (C=O) groups is 1. The summed E-state index contributed by atoms with van der Waals surface area (Å²) in [6, 6.07) is 0. The van der Waals surface area contributed by atoms with Crippen LogP contribution < -0.4 is 0 Å². The molecule has 0 aromatic heterocycles. The van der Waals surface area contributed by atoms with Gasteiger partial charge < -0.3 is 9.64 Å². The molecule has 0 aromatic rings. The molecule has 0 aromatic carbocycles. The summed E-state index contributed by atoms with van der Waals surface area (Å²) >= 11 is 3.36. The Balaban J connectivity index is 2.11. The van der Waals surface area contributed by atoms with Crippen molar-refractivity contribution in [2.45, 2.75) is 58.0 Å². The first-order valence-electron chi connectivity index (χ1n) is 7.23. The fraction of sp³-hybridized carbons (Fsp3) is 0.929. The van der Waals surface area contributed by atoms with E-state index in [1.165, 1.54) is 19.3 Å². The van der Waals surface area contributed by atoms with E-state index < -0.39 is 0 Å². The fourth-order valence-electron chi connectivity index (χ4n) is 2.34. The minimum atomic E-state index is 0.338. The Bertz CT molecular complexity index is 228. The van der Waals surface area contributed by atoms with Crippen LogP contribution in [0.5, 0.6) is 0 Å². The molecule has 106 valence electrons. The maximum atomic E-state index is 12.0. The van der Waals surface area contributed by atoms with Crippen LogP contribution in [0.3, 0.4) is 0 Å². The Kier molecular flexibility index (Phi) is 8.68. The van der Waals surface area contributed by atoms with Crippen LogP contribution in [0.4, 0.5) is 0 Å². The number of halogens is 1. The van der Waals surface area contributed by atoms with E-state index in [1.54, 1.807) is 0 Å². The first-order chi connectivity index (χ1) is 8.77. The maximum absolute atomic E-state index is 12.0. The summed E-state index contributed by atoms with van der Waals surface area (Å²) < 4.78 is 5.69. The monoisotopic (exact) mass is 319 g/mol. The first-order valence-corrected chi connectivity index (χ1v) is 8.35. The Hall–Kier alpha value is -0.0900. The van der Waals surface area contributed by atoms with Gasteiger partial charge >= 0.3 is 0 Å². The van der Waals surface area contributed by atoms with Gasteiger partial charge in [-0.15, -0.1) is 0 Å². The van der Waals surface area contributed by atoms with Crippen molar-refractivity contribution in [3.05, 3.63) is 0 Å². The number of likely N-dealkylation sites (tertiary alicyclic amines) is 1. The van der Waals surface area contributed by atoms with E-state index >= 15 is 0 Å².